The molecule has 184 valence electrons. The van der Waals surface area contributed by atoms with E-state index >= 15 is 0 Å². The fourth-order valence-electron chi connectivity index (χ4n) is 3.40. The molecule has 1 unspecified atom stereocenters. The zero-order valence-electron chi connectivity index (χ0n) is 20.3. The minimum atomic E-state index is -1.10. The molecule has 0 aliphatic heterocycles. The Morgan fingerprint density at radius 3 is 2.32 bits per heavy atom. The third kappa shape index (κ3) is 7.38. The third-order valence-corrected chi connectivity index (χ3v) is 5.12. The number of halogens is 1. The van der Waals surface area contributed by atoms with Gasteiger partial charge in [0.15, 0.2) is 0 Å². The molecule has 0 spiro atoms. The van der Waals surface area contributed by atoms with E-state index in [4.69, 9.17) is 16.3 Å². The number of para-hydroxylation sites is 1. The second kappa shape index (κ2) is 11.2. The zero-order valence-corrected chi connectivity index (χ0v) is 21.1. The summed E-state index contributed by atoms with van der Waals surface area (Å²) in [6, 6.07) is 9.85. The third-order valence-electron chi connectivity index (χ3n) is 4.81. The summed E-state index contributed by atoms with van der Waals surface area (Å²) in [7, 11) is 0. The highest BCUT2D eigenvalue weighted by Crippen LogP contribution is 2.31. The van der Waals surface area contributed by atoms with E-state index in [1.165, 1.54) is 17.0 Å². The van der Waals surface area contributed by atoms with Crippen LogP contribution in [-0.2, 0) is 14.3 Å². The smallest absolute Gasteiger partial charge is 0.408 e. The summed E-state index contributed by atoms with van der Waals surface area (Å²) < 4.78 is 5.19. The standard InChI is InChI=1S/C25H32ClN3O5/c1-15(2)29(20(31)14-27-24(33)34-25(4,5)6)22(17-10-8-11-18(30)13-17)23(32)28-21-16(3)9-7-12-19(21)26/h7-13,15,22,30H,14H2,1-6H3,(H,27,33)(H,28,32). The highest BCUT2D eigenvalue weighted by atomic mass is 35.5. The molecule has 34 heavy (non-hydrogen) atoms. The van der Waals surface area contributed by atoms with Gasteiger partial charge in [0.05, 0.1) is 10.7 Å². The number of amides is 3. The number of aromatic hydroxyl groups is 1. The fourth-order valence-corrected chi connectivity index (χ4v) is 3.67. The molecule has 0 fully saturated rings. The Balaban J connectivity index is 2.39. The Morgan fingerprint density at radius 2 is 1.76 bits per heavy atom. The quantitative estimate of drug-likeness (QED) is 0.518. The Kier molecular flexibility index (Phi) is 8.93. The van der Waals surface area contributed by atoms with Crippen molar-refractivity contribution in [2.75, 3.05) is 11.9 Å². The van der Waals surface area contributed by atoms with Gasteiger partial charge < -0.3 is 25.4 Å². The number of nitrogens with zero attached hydrogens (tertiary/aromatic N) is 1. The van der Waals surface area contributed by atoms with Gasteiger partial charge in [-0.2, -0.15) is 0 Å². The van der Waals surface area contributed by atoms with E-state index in [2.05, 4.69) is 10.6 Å². The molecule has 2 aromatic rings. The largest absolute Gasteiger partial charge is 0.508 e. The van der Waals surface area contributed by atoms with Crippen LogP contribution >= 0.6 is 11.6 Å². The first-order valence-electron chi connectivity index (χ1n) is 10.9. The van der Waals surface area contributed by atoms with E-state index in [-0.39, 0.29) is 12.3 Å². The van der Waals surface area contributed by atoms with Crippen LogP contribution in [0.5, 0.6) is 5.75 Å². The van der Waals surface area contributed by atoms with Crippen molar-refractivity contribution in [2.45, 2.75) is 59.2 Å². The SMILES string of the molecule is Cc1cccc(Cl)c1NC(=O)C(c1cccc(O)c1)N(C(=O)CNC(=O)OC(C)(C)C)C(C)C. The zero-order chi connectivity index (χ0) is 25.6. The van der Waals surface area contributed by atoms with Crippen molar-refractivity contribution < 1.29 is 24.2 Å². The number of ether oxygens (including phenoxy) is 1. The van der Waals surface area contributed by atoms with Crippen LogP contribution in [0.3, 0.4) is 0 Å². The summed E-state index contributed by atoms with van der Waals surface area (Å²) >= 11 is 6.29. The molecule has 0 saturated heterocycles. The molecule has 0 heterocycles. The second-order valence-corrected chi connectivity index (χ2v) is 9.58. The summed E-state index contributed by atoms with van der Waals surface area (Å²) in [6.07, 6.45) is -0.741. The summed E-state index contributed by atoms with van der Waals surface area (Å²) in [5, 5.41) is 15.7. The Morgan fingerprint density at radius 1 is 1.12 bits per heavy atom. The van der Waals surface area contributed by atoms with E-state index < -0.39 is 35.6 Å². The molecule has 2 aromatic carbocycles. The molecule has 2 rings (SSSR count). The van der Waals surface area contributed by atoms with Gasteiger partial charge in [-0.1, -0.05) is 35.9 Å². The molecule has 0 bridgehead atoms. The number of benzene rings is 2. The van der Waals surface area contributed by atoms with Crippen molar-refractivity contribution in [2.24, 2.45) is 0 Å². The lowest BCUT2D eigenvalue weighted by atomic mass is 10.0. The molecule has 0 aliphatic rings. The molecule has 0 aliphatic carbocycles. The summed E-state index contributed by atoms with van der Waals surface area (Å²) in [6.45, 7) is 10.1. The Hall–Kier alpha value is -3.26. The van der Waals surface area contributed by atoms with E-state index in [9.17, 15) is 19.5 Å². The maximum atomic E-state index is 13.5. The first-order chi connectivity index (χ1) is 15.8. The monoisotopic (exact) mass is 489 g/mol. The van der Waals surface area contributed by atoms with E-state index in [0.717, 1.165) is 5.56 Å². The van der Waals surface area contributed by atoms with E-state index in [1.807, 2.05) is 0 Å². The first kappa shape index (κ1) is 27.0. The van der Waals surface area contributed by atoms with Crippen molar-refractivity contribution in [3.8, 4) is 5.75 Å². The lowest BCUT2D eigenvalue weighted by molar-refractivity contribution is -0.140. The van der Waals surface area contributed by atoms with Gasteiger partial charge in [0.25, 0.3) is 5.91 Å². The van der Waals surface area contributed by atoms with Gasteiger partial charge in [0.1, 0.15) is 23.9 Å². The number of rotatable bonds is 7. The average Bonchev–Trinajstić information content (AvgIpc) is 2.71. The summed E-state index contributed by atoms with van der Waals surface area (Å²) in [5.41, 5.74) is 0.871. The van der Waals surface area contributed by atoms with Crippen LogP contribution in [0.1, 0.15) is 51.8 Å². The van der Waals surface area contributed by atoms with Crippen molar-refractivity contribution in [3.05, 3.63) is 58.6 Å². The maximum absolute atomic E-state index is 13.5. The molecule has 0 aromatic heterocycles. The predicted octanol–water partition coefficient (Wildman–Crippen LogP) is 4.80. The van der Waals surface area contributed by atoms with Crippen LogP contribution in [0, 0.1) is 6.92 Å². The predicted molar refractivity (Wildman–Crippen MR) is 132 cm³/mol. The van der Waals surface area contributed by atoms with E-state index in [0.29, 0.717) is 16.3 Å². The number of anilines is 1. The molecule has 8 nitrogen and oxygen atoms in total. The molecule has 9 heteroatoms. The first-order valence-corrected chi connectivity index (χ1v) is 11.3. The number of alkyl carbamates (subject to hydrolysis) is 1. The van der Waals surface area contributed by atoms with Crippen LogP contribution in [0.2, 0.25) is 5.02 Å². The topological polar surface area (TPSA) is 108 Å². The highest BCUT2D eigenvalue weighted by molar-refractivity contribution is 6.34. The van der Waals surface area contributed by atoms with Crippen LogP contribution in [-0.4, -0.2) is 46.1 Å². The van der Waals surface area contributed by atoms with Gasteiger partial charge in [-0.05, 0) is 70.9 Å². The average molecular weight is 490 g/mol. The van der Waals surface area contributed by atoms with E-state index in [1.54, 1.807) is 71.9 Å². The van der Waals surface area contributed by atoms with Gasteiger partial charge in [0, 0.05) is 6.04 Å². The molecule has 0 saturated carbocycles. The second-order valence-electron chi connectivity index (χ2n) is 9.17. The normalized spacial score (nSPS) is 12.1. The summed E-state index contributed by atoms with van der Waals surface area (Å²) in [5.74, 6) is -1.06. The van der Waals surface area contributed by atoms with Gasteiger partial charge in [0.2, 0.25) is 5.91 Å². The highest BCUT2D eigenvalue weighted by Gasteiger charge is 2.34. The summed E-state index contributed by atoms with van der Waals surface area (Å²) in [4.78, 5) is 40.2. The molecule has 3 amide bonds. The van der Waals surface area contributed by atoms with Gasteiger partial charge in [-0.15, -0.1) is 0 Å². The lowest BCUT2D eigenvalue weighted by Gasteiger charge is -2.35. The van der Waals surface area contributed by atoms with Crippen molar-refractivity contribution in [1.29, 1.82) is 0 Å². The van der Waals surface area contributed by atoms with Crippen LogP contribution < -0.4 is 10.6 Å². The molecule has 1 atom stereocenters. The minimum Gasteiger partial charge on any atom is -0.508 e. The van der Waals surface area contributed by atoms with Gasteiger partial charge in [-0.25, -0.2) is 4.79 Å². The van der Waals surface area contributed by atoms with Crippen LogP contribution in [0.4, 0.5) is 10.5 Å². The maximum Gasteiger partial charge on any atom is 0.408 e. The van der Waals surface area contributed by atoms with Gasteiger partial charge in [-0.3, -0.25) is 9.59 Å². The van der Waals surface area contributed by atoms with Crippen molar-refractivity contribution >= 4 is 35.2 Å². The number of nitrogens with one attached hydrogen (secondary N) is 2. The Labute approximate surface area is 205 Å². The van der Waals surface area contributed by atoms with Crippen LogP contribution in [0.25, 0.3) is 0 Å². The van der Waals surface area contributed by atoms with Crippen LogP contribution in [0.15, 0.2) is 42.5 Å². The minimum absolute atomic E-state index is 0.0488. The van der Waals surface area contributed by atoms with Crippen molar-refractivity contribution in [1.82, 2.24) is 10.2 Å². The van der Waals surface area contributed by atoms with Crippen molar-refractivity contribution in [3.63, 3.8) is 0 Å². The molecule has 0 radical (unpaired) electrons. The fraction of sp³-hybridized carbons (Fsp3) is 0.400. The number of carbonyl (C=O) groups excluding carboxylic acids is 3. The molecular formula is C25H32ClN3O5. The molecule has 3 N–H and O–H groups in total. The van der Waals surface area contributed by atoms with Gasteiger partial charge >= 0.3 is 6.09 Å². The number of phenols is 1. The number of aryl methyl sites for hydroxylation is 1. The number of carbonyl (C=O) groups is 3. The Bertz CT molecular complexity index is 1030. The molecular weight excluding hydrogens is 458 g/mol. The lowest BCUT2D eigenvalue weighted by Crippen LogP contribution is -2.49. The number of phenolic OH excluding ortho intramolecular Hbond substituents is 1. The number of hydrogen-bond donors (Lipinski definition) is 3. The number of hydrogen-bond acceptors (Lipinski definition) is 5.